The van der Waals surface area contributed by atoms with Crippen LogP contribution < -0.4 is 0 Å². The number of nitrogens with one attached hydrogen (secondary N) is 1. The normalized spacial score (nSPS) is 14.7. The number of hydrogen-bond acceptors (Lipinski definition) is 5. The molecule has 1 aliphatic carbocycles. The summed E-state index contributed by atoms with van der Waals surface area (Å²) in [5.74, 6) is 2.41. The van der Waals surface area contributed by atoms with E-state index >= 15 is 0 Å². The molecule has 0 amide bonds. The average Bonchev–Trinajstić information content (AvgIpc) is 2.98. The molecule has 0 aliphatic heterocycles. The Labute approximate surface area is 129 Å². The predicted molar refractivity (Wildman–Crippen MR) is 83.7 cm³/mol. The summed E-state index contributed by atoms with van der Waals surface area (Å²) in [6.07, 6.45) is 5.98. The maximum absolute atomic E-state index is 4.71. The van der Waals surface area contributed by atoms with Gasteiger partial charge in [-0.1, -0.05) is 29.5 Å². The van der Waals surface area contributed by atoms with Gasteiger partial charge in [0.1, 0.15) is 10.8 Å². The molecule has 1 N–H and O–H groups in total. The lowest BCUT2D eigenvalue weighted by atomic mass is 10.1. The topological polar surface area (TPSA) is 71.8 Å². The van der Waals surface area contributed by atoms with E-state index in [9.17, 15) is 0 Å². The van der Waals surface area contributed by atoms with E-state index in [1.165, 1.54) is 12.8 Å². The third kappa shape index (κ3) is 1.86. The van der Waals surface area contributed by atoms with Crippen molar-refractivity contribution in [2.75, 3.05) is 0 Å². The van der Waals surface area contributed by atoms with Gasteiger partial charge in [-0.25, -0.2) is 4.98 Å². The van der Waals surface area contributed by atoms with Crippen molar-refractivity contribution in [3.8, 4) is 22.0 Å². The van der Waals surface area contributed by atoms with E-state index in [0.717, 1.165) is 32.7 Å². The van der Waals surface area contributed by atoms with E-state index in [-0.39, 0.29) is 0 Å². The smallest absolute Gasteiger partial charge is 0.234 e. The van der Waals surface area contributed by atoms with Crippen LogP contribution in [0.15, 0.2) is 36.7 Å². The Hall–Kier alpha value is -2.54. The highest BCUT2D eigenvalue weighted by atomic mass is 32.1. The van der Waals surface area contributed by atoms with Gasteiger partial charge >= 0.3 is 0 Å². The molecule has 3 aromatic heterocycles. The van der Waals surface area contributed by atoms with Gasteiger partial charge in [0.25, 0.3) is 0 Å². The first-order chi connectivity index (χ1) is 10.9. The zero-order valence-electron chi connectivity index (χ0n) is 11.6. The van der Waals surface area contributed by atoms with Gasteiger partial charge in [0.15, 0.2) is 5.82 Å². The van der Waals surface area contributed by atoms with Crippen LogP contribution in [-0.2, 0) is 0 Å². The highest BCUT2D eigenvalue weighted by molar-refractivity contribution is 7.19. The molecule has 1 saturated carbocycles. The second-order valence-electron chi connectivity index (χ2n) is 5.45. The van der Waals surface area contributed by atoms with Crippen molar-refractivity contribution in [2.45, 2.75) is 18.8 Å². The van der Waals surface area contributed by atoms with Crippen molar-refractivity contribution in [1.29, 1.82) is 0 Å². The molecule has 22 heavy (non-hydrogen) atoms. The third-order valence-electron chi connectivity index (χ3n) is 3.84. The molecule has 1 fully saturated rings. The minimum Gasteiger partial charge on any atom is -0.345 e. The van der Waals surface area contributed by atoms with Gasteiger partial charge in [-0.05, 0) is 18.9 Å². The van der Waals surface area contributed by atoms with Gasteiger partial charge in [0.05, 0.1) is 0 Å². The Kier molecular flexibility index (Phi) is 2.45. The van der Waals surface area contributed by atoms with Gasteiger partial charge in [-0.3, -0.25) is 0 Å². The zero-order chi connectivity index (χ0) is 14.5. The second-order valence-corrected chi connectivity index (χ2v) is 6.41. The Morgan fingerprint density at radius 2 is 2.09 bits per heavy atom. The first-order valence-corrected chi connectivity index (χ1v) is 8.02. The van der Waals surface area contributed by atoms with Crippen molar-refractivity contribution in [3.63, 3.8) is 0 Å². The van der Waals surface area contributed by atoms with Crippen LogP contribution in [0.4, 0.5) is 0 Å². The average molecular weight is 308 g/mol. The van der Waals surface area contributed by atoms with Gasteiger partial charge in [0, 0.05) is 29.4 Å². The molecule has 4 aromatic rings. The molecule has 0 radical (unpaired) electrons. The van der Waals surface area contributed by atoms with Crippen molar-refractivity contribution in [1.82, 2.24) is 29.8 Å². The molecular formula is C15H12N6S. The number of fused-ring (bicyclic) bond motifs is 1. The number of aromatic nitrogens is 6. The summed E-state index contributed by atoms with van der Waals surface area (Å²) >= 11 is 1.57. The maximum atomic E-state index is 4.71. The van der Waals surface area contributed by atoms with Gasteiger partial charge in [-0.15, -0.1) is 10.2 Å². The van der Waals surface area contributed by atoms with Crippen LogP contribution in [0.3, 0.4) is 0 Å². The molecule has 5 rings (SSSR count). The molecule has 0 spiro atoms. The highest BCUT2D eigenvalue weighted by Gasteiger charge is 2.30. The summed E-state index contributed by atoms with van der Waals surface area (Å²) in [4.78, 5) is 8.29. The lowest BCUT2D eigenvalue weighted by Gasteiger charge is -2.00. The van der Waals surface area contributed by atoms with E-state index < -0.39 is 0 Å². The van der Waals surface area contributed by atoms with Crippen molar-refractivity contribution in [2.24, 2.45) is 0 Å². The summed E-state index contributed by atoms with van der Waals surface area (Å²) < 4.78 is 1.90. The Morgan fingerprint density at radius 1 is 1.18 bits per heavy atom. The quantitative estimate of drug-likeness (QED) is 0.631. The number of nitrogens with zero attached hydrogens (tertiary/aromatic N) is 5. The Balaban J connectivity index is 1.60. The summed E-state index contributed by atoms with van der Waals surface area (Å²) in [5.41, 5.74) is 2.13. The molecule has 1 aromatic carbocycles. The summed E-state index contributed by atoms with van der Waals surface area (Å²) in [6.45, 7) is 0. The number of rotatable bonds is 3. The monoisotopic (exact) mass is 308 g/mol. The SMILES string of the molecule is c1cc(-c2ncc[nH]2)cc(-c2nn3c(C4CC4)nnc3s2)c1. The molecule has 0 atom stereocenters. The lowest BCUT2D eigenvalue weighted by molar-refractivity contribution is 0.828. The minimum absolute atomic E-state index is 0.541. The van der Waals surface area contributed by atoms with Crippen molar-refractivity contribution < 1.29 is 0 Å². The van der Waals surface area contributed by atoms with E-state index in [1.54, 1.807) is 17.5 Å². The fraction of sp³-hybridized carbons (Fsp3) is 0.200. The van der Waals surface area contributed by atoms with E-state index in [0.29, 0.717) is 5.92 Å². The van der Waals surface area contributed by atoms with Gasteiger partial charge in [-0.2, -0.15) is 9.61 Å². The first-order valence-electron chi connectivity index (χ1n) is 7.21. The molecular weight excluding hydrogens is 296 g/mol. The number of aromatic amines is 1. The third-order valence-corrected chi connectivity index (χ3v) is 4.79. The van der Waals surface area contributed by atoms with Gasteiger partial charge in [0.2, 0.25) is 4.96 Å². The van der Waals surface area contributed by atoms with Crippen LogP contribution in [0, 0.1) is 0 Å². The van der Waals surface area contributed by atoms with E-state index in [1.807, 2.05) is 22.8 Å². The van der Waals surface area contributed by atoms with Crippen LogP contribution in [-0.4, -0.2) is 29.8 Å². The molecule has 108 valence electrons. The molecule has 7 heteroatoms. The lowest BCUT2D eigenvalue weighted by Crippen LogP contribution is -1.93. The highest BCUT2D eigenvalue weighted by Crippen LogP contribution is 2.40. The second kappa shape index (κ2) is 4.48. The van der Waals surface area contributed by atoms with E-state index in [4.69, 9.17) is 5.10 Å². The first kappa shape index (κ1) is 12.0. The number of benzene rings is 1. The van der Waals surface area contributed by atoms with E-state index in [2.05, 4.69) is 32.3 Å². The Bertz CT molecular complexity index is 948. The maximum Gasteiger partial charge on any atom is 0.234 e. The standard InChI is InChI=1S/C15H12N6S/c1-2-10(12-16-6-7-17-12)8-11(3-1)14-20-21-13(9-4-5-9)18-19-15(21)22-14/h1-3,6-9H,4-5H2,(H,16,17). The number of hydrogen-bond donors (Lipinski definition) is 1. The van der Waals surface area contributed by atoms with Crippen LogP contribution >= 0.6 is 11.3 Å². The molecule has 1 aliphatic rings. The number of H-pyrrole nitrogens is 1. The number of imidazole rings is 1. The molecule has 0 saturated heterocycles. The molecule has 0 unspecified atom stereocenters. The summed E-state index contributed by atoms with van der Waals surface area (Å²) in [7, 11) is 0. The van der Waals surface area contributed by atoms with Crippen molar-refractivity contribution >= 4 is 16.3 Å². The fourth-order valence-corrected chi connectivity index (χ4v) is 3.41. The molecule has 0 bridgehead atoms. The molecule has 3 heterocycles. The summed E-state index contributed by atoms with van der Waals surface area (Å²) in [5, 5.41) is 14.2. The van der Waals surface area contributed by atoms with Crippen LogP contribution in [0.2, 0.25) is 0 Å². The molecule has 6 nitrogen and oxygen atoms in total. The predicted octanol–water partition coefficient (Wildman–Crippen LogP) is 3.12. The van der Waals surface area contributed by atoms with Crippen LogP contribution in [0.5, 0.6) is 0 Å². The van der Waals surface area contributed by atoms with Crippen LogP contribution in [0.25, 0.3) is 26.9 Å². The largest absolute Gasteiger partial charge is 0.345 e. The zero-order valence-corrected chi connectivity index (χ0v) is 12.4. The van der Waals surface area contributed by atoms with Crippen LogP contribution in [0.1, 0.15) is 24.6 Å². The fourth-order valence-electron chi connectivity index (χ4n) is 2.57. The Morgan fingerprint density at radius 3 is 2.91 bits per heavy atom. The summed E-state index contributed by atoms with van der Waals surface area (Å²) in [6, 6.07) is 8.23. The van der Waals surface area contributed by atoms with Crippen molar-refractivity contribution in [3.05, 3.63) is 42.5 Å². The van der Waals surface area contributed by atoms with Gasteiger partial charge < -0.3 is 4.98 Å². The minimum atomic E-state index is 0.541.